The van der Waals surface area contributed by atoms with E-state index in [-0.39, 0.29) is 11.9 Å². The molecule has 3 rings (SSSR count). The number of rotatable bonds is 1. The maximum absolute atomic E-state index is 12.5. The van der Waals surface area contributed by atoms with Gasteiger partial charge in [-0.25, -0.2) is 0 Å². The van der Waals surface area contributed by atoms with E-state index in [1.165, 1.54) is 0 Å². The molecule has 18 heavy (non-hydrogen) atoms. The van der Waals surface area contributed by atoms with Gasteiger partial charge in [0.1, 0.15) is 5.75 Å². The van der Waals surface area contributed by atoms with Gasteiger partial charge in [-0.1, -0.05) is 0 Å². The molecule has 94 valence electrons. The van der Waals surface area contributed by atoms with Crippen LogP contribution in [0.3, 0.4) is 0 Å². The Balaban J connectivity index is 2.12. The van der Waals surface area contributed by atoms with Gasteiger partial charge in [0.05, 0.1) is 24.4 Å². The Morgan fingerprint density at radius 3 is 3.11 bits per heavy atom. The fraction of sp³-hybridized carbons (Fsp3) is 0.385. The SMILES string of the molecule is COc1cc2c(cc1P)N=CC1CCCN1C2=O. The van der Waals surface area contributed by atoms with Crippen LogP contribution >= 0.6 is 9.24 Å². The molecular weight excluding hydrogens is 247 g/mol. The molecule has 2 aliphatic rings. The predicted octanol–water partition coefficient (Wildman–Crippen LogP) is 1.52. The van der Waals surface area contributed by atoms with Crippen molar-refractivity contribution in [3.63, 3.8) is 0 Å². The van der Waals surface area contributed by atoms with Crippen molar-refractivity contribution in [1.29, 1.82) is 0 Å². The van der Waals surface area contributed by atoms with E-state index >= 15 is 0 Å². The predicted molar refractivity (Wildman–Crippen MR) is 74.5 cm³/mol. The van der Waals surface area contributed by atoms with Crippen LogP contribution in [-0.2, 0) is 0 Å². The molecule has 5 heteroatoms. The summed E-state index contributed by atoms with van der Waals surface area (Å²) in [7, 11) is 4.22. The summed E-state index contributed by atoms with van der Waals surface area (Å²) in [5.41, 5.74) is 1.37. The van der Waals surface area contributed by atoms with Crippen molar-refractivity contribution in [2.45, 2.75) is 18.9 Å². The number of methoxy groups -OCH3 is 1. The first-order valence-electron chi connectivity index (χ1n) is 6.03. The standard InChI is InChI=1S/C13H15N2O2P/c1-17-11-5-9-10(6-12(11)18)14-7-8-3-2-4-15(8)13(9)16/h5-8H,2-4,18H2,1H3. The lowest BCUT2D eigenvalue weighted by atomic mass is 10.1. The number of fused-ring (bicyclic) bond motifs is 2. The second kappa shape index (κ2) is 4.36. The smallest absolute Gasteiger partial charge is 0.256 e. The molecule has 0 spiro atoms. The Morgan fingerprint density at radius 2 is 2.33 bits per heavy atom. The summed E-state index contributed by atoms with van der Waals surface area (Å²) in [5, 5.41) is 0.920. The molecule has 4 nitrogen and oxygen atoms in total. The van der Waals surface area contributed by atoms with Crippen LogP contribution in [-0.4, -0.2) is 36.7 Å². The number of ether oxygens (including phenoxy) is 1. The van der Waals surface area contributed by atoms with Gasteiger partial charge in [-0.2, -0.15) is 0 Å². The minimum absolute atomic E-state index is 0.0632. The monoisotopic (exact) mass is 262 g/mol. The topological polar surface area (TPSA) is 41.9 Å². The minimum Gasteiger partial charge on any atom is -0.496 e. The van der Waals surface area contributed by atoms with E-state index in [0.29, 0.717) is 11.3 Å². The molecule has 1 fully saturated rings. The third-order valence-electron chi connectivity index (χ3n) is 3.52. The van der Waals surface area contributed by atoms with Crippen LogP contribution in [0.2, 0.25) is 0 Å². The van der Waals surface area contributed by atoms with Crippen molar-refractivity contribution < 1.29 is 9.53 Å². The molecule has 2 aliphatic heterocycles. The van der Waals surface area contributed by atoms with Crippen molar-refractivity contribution in [3.8, 4) is 5.75 Å². The first-order valence-corrected chi connectivity index (χ1v) is 6.61. The zero-order chi connectivity index (χ0) is 12.7. The molecule has 2 heterocycles. The van der Waals surface area contributed by atoms with Crippen LogP contribution in [0.1, 0.15) is 23.2 Å². The van der Waals surface area contributed by atoms with Gasteiger partial charge in [0.15, 0.2) is 0 Å². The summed E-state index contributed by atoms with van der Waals surface area (Å²) in [6.45, 7) is 0.819. The molecule has 1 aromatic carbocycles. The fourth-order valence-corrected chi connectivity index (χ4v) is 2.92. The molecule has 0 aromatic heterocycles. The van der Waals surface area contributed by atoms with Gasteiger partial charge in [-0.15, -0.1) is 9.24 Å². The zero-order valence-corrected chi connectivity index (χ0v) is 11.4. The van der Waals surface area contributed by atoms with Gasteiger partial charge in [-0.3, -0.25) is 9.79 Å². The number of nitrogens with zero attached hydrogens (tertiary/aromatic N) is 2. The molecule has 1 amide bonds. The number of hydrogen-bond donors (Lipinski definition) is 0. The van der Waals surface area contributed by atoms with Crippen LogP contribution in [0.25, 0.3) is 0 Å². The molecule has 0 aliphatic carbocycles. The van der Waals surface area contributed by atoms with E-state index in [1.807, 2.05) is 17.2 Å². The number of carbonyl (C=O) groups excluding carboxylic acids is 1. The Kier molecular flexibility index (Phi) is 2.83. The number of carbonyl (C=O) groups is 1. The Hall–Kier alpha value is -1.41. The van der Waals surface area contributed by atoms with Crippen molar-refractivity contribution in [2.75, 3.05) is 13.7 Å². The summed E-state index contributed by atoms with van der Waals surface area (Å²) in [6.07, 6.45) is 3.96. The maximum Gasteiger partial charge on any atom is 0.256 e. The lowest BCUT2D eigenvalue weighted by Crippen LogP contribution is -2.35. The van der Waals surface area contributed by atoms with Gasteiger partial charge >= 0.3 is 0 Å². The Labute approximate surface area is 108 Å². The third kappa shape index (κ3) is 1.72. The molecule has 1 saturated heterocycles. The summed E-state index contributed by atoms with van der Waals surface area (Å²) in [6, 6.07) is 3.83. The lowest BCUT2D eigenvalue weighted by Gasteiger charge is -2.20. The lowest BCUT2D eigenvalue weighted by molar-refractivity contribution is 0.0774. The van der Waals surface area contributed by atoms with E-state index < -0.39 is 0 Å². The average molecular weight is 262 g/mol. The number of amides is 1. The highest BCUT2D eigenvalue weighted by atomic mass is 31.0. The van der Waals surface area contributed by atoms with Crippen molar-refractivity contribution in [3.05, 3.63) is 17.7 Å². The van der Waals surface area contributed by atoms with Crippen LogP contribution in [0.4, 0.5) is 5.69 Å². The highest BCUT2D eigenvalue weighted by molar-refractivity contribution is 7.27. The second-order valence-electron chi connectivity index (χ2n) is 4.60. The zero-order valence-electron chi connectivity index (χ0n) is 10.2. The van der Waals surface area contributed by atoms with Crippen LogP contribution in [0.5, 0.6) is 5.75 Å². The number of benzene rings is 1. The average Bonchev–Trinajstić information content (AvgIpc) is 2.79. The van der Waals surface area contributed by atoms with E-state index in [0.717, 1.165) is 30.4 Å². The minimum atomic E-state index is 0.0632. The molecular formula is C13H15N2O2P. The molecule has 0 saturated carbocycles. The number of hydrogen-bond acceptors (Lipinski definition) is 3. The van der Waals surface area contributed by atoms with Crippen LogP contribution in [0, 0.1) is 0 Å². The molecule has 1 aromatic rings. The second-order valence-corrected chi connectivity index (χ2v) is 5.22. The summed E-state index contributed by atoms with van der Waals surface area (Å²) in [4.78, 5) is 18.8. The van der Waals surface area contributed by atoms with Crippen LogP contribution < -0.4 is 10.0 Å². The largest absolute Gasteiger partial charge is 0.496 e. The maximum atomic E-state index is 12.5. The van der Waals surface area contributed by atoms with Crippen LogP contribution in [0.15, 0.2) is 17.1 Å². The van der Waals surface area contributed by atoms with Gasteiger partial charge in [0.2, 0.25) is 0 Å². The number of aliphatic imine (C=N–C) groups is 1. The summed E-state index contributed by atoms with van der Waals surface area (Å²) >= 11 is 0. The van der Waals surface area contributed by atoms with E-state index in [2.05, 4.69) is 14.2 Å². The van der Waals surface area contributed by atoms with Crippen molar-refractivity contribution >= 4 is 32.4 Å². The highest BCUT2D eigenvalue weighted by Crippen LogP contribution is 2.31. The van der Waals surface area contributed by atoms with Gasteiger partial charge in [0, 0.05) is 18.1 Å². The quantitative estimate of drug-likeness (QED) is 0.720. The van der Waals surface area contributed by atoms with Gasteiger partial charge in [-0.05, 0) is 25.0 Å². The molecule has 0 radical (unpaired) electrons. The Bertz CT molecular complexity index is 542. The first kappa shape index (κ1) is 11.7. The van der Waals surface area contributed by atoms with Crippen molar-refractivity contribution in [2.24, 2.45) is 4.99 Å². The summed E-state index contributed by atoms with van der Waals surface area (Å²) < 4.78 is 5.27. The highest BCUT2D eigenvalue weighted by Gasteiger charge is 2.32. The molecule has 0 N–H and O–H groups in total. The summed E-state index contributed by atoms with van der Waals surface area (Å²) in [5.74, 6) is 0.772. The van der Waals surface area contributed by atoms with E-state index in [1.54, 1.807) is 13.2 Å². The Morgan fingerprint density at radius 1 is 1.50 bits per heavy atom. The van der Waals surface area contributed by atoms with Crippen molar-refractivity contribution in [1.82, 2.24) is 4.90 Å². The van der Waals surface area contributed by atoms with E-state index in [9.17, 15) is 4.79 Å². The third-order valence-corrected chi connectivity index (χ3v) is 3.98. The molecule has 0 bridgehead atoms. The normalized spacial score (nSPS) is 21.6. The van der Waals surface area contributed by atoms with E-state index in [4.69, 9.17) is 4.74 Å². The molecule has 2 unspecified atom stereocenters. The fourth-order valence-electron chi connectivity index (χ4n) is 2.56. The first-order chi connectivity index (χ1) is 8.70. The molecule has 2 atom stereocenters. The van der Waals surface area contributed by atoms with Gasteiger partial charge in [0.25, 0.3) is 5.91 Å². The van der Waals surface area contributed by atoms with Gasteiger partial charge < -0.3 is 9.64 Å².